The van der Waals surface area contributed by atoms with Gasteiger partial charge >= 0.3 is 0 Å². The molecule has 0 saturated heterocycles. The molecule has 0 aliphatic carbocycles. The van der Waals surface area contributed by atoms with Crippen LogP contribution in [-0.4, -0.2) is 21.3 Å². The third-order valence-corrected chi connectivity index (χ3v) is 2.51. The lowest BCUT2D eigenvalue weighted by Crippen LogP contribution is -2.07. The first-order valence-electron chi connectivity index (χ1n) is 5.25. The molecule has 0 atom stereocenters. The van der Waals surface area contributed by atoms with E-state index >= 15 is 0 Å². The minimum atomic E-state index is -0.593. The summed E-state index contributed by atoms with van der Waals surface area (Å²) in [5.74, 6) is -0.530. The average Bonchev–Trinajstić information content (AvgIpc) is 2.71. The van der Waals surface area contributed by atoms with Crippen molar-refractivity contribution in [2.24, 2.45) is 0 Å². The standard InChI is InChI=1S/C12H12F2N2O/c13-10-2-1-9(11(14)8-10)7-12-15-3-4-16(12)5-6-17/h1-4,8,17H,5-7H2. The molecule has 1 N–H and O–H groups in total. The zero-order valence-electron chi connectivity index (χ0n) is 9.11. The Labute approximate surface area is 97.3 Å². The van der Waals surface area contributed by atoms with Gasteiger partial charge in [0.1, 0.15) is 17.5 Å². The Morgan fingerprint density at radius 2 is 2.12 bits per heavy atom. The number of aliphatic hydroxyl groups excluding tert-OH is 1. The van der Waals surface area contributed by atoms with Crippen LogP contribution in [0, 0.1) is 11.6 Å². The van der Waals surface area contributed by atoms with E-state index in [4.69, 9.17) is 5.11 Å². The second kappa shape index (κ2) is 5.05. The van der Waals surface area contributed by atoms with Gasteiger partial charge < -0.3 is 9.67 Å². The number of rotatable bonds is 4. The van der Waals surface area contributed by atoms with Crippen LogP contribution in [-0.2, 0) is 13.0 Å². The Morgan fingerprint density at radius 1 is 1.29 bits per heavy atom. The highest BCUT2D eigenvalue weighted by molar-refractivity contribution is 5.22. The predicted molar refractivity (Wildman–Crippen MR) is 58.5 cm³/mol. The molecule has 0 aliphatic heterocycles. The summed E-state index contributed by atoms with van der Waals surface area (Å²) in [7, 11) is 0. The first-order chi connectivity index (χ1) is 8.20. The molecule has 0 spiro atoms. The van der Waals surface area contributed by atoms with Crippen LogP contribution in [0.5, 0.6) is 0 Å². The van der Waals surface area contributed by atoms with Crippen molar-refractivity contribution in [2.45, 2.75) is 13.0 Å². The second-order valence-corrected chi connectivity index (χ2v) is 3.67. The summed E-state index contributed by atoms with van der Waals surface area (Å²) in [5.41, 5.74) is 0.386. The Hall–Kier alpha value is -1.75. The SMILES string of the molecule is OCCn1ccnc1Cc1ccc(F)cc1F. The molecule has 0 saturated carbocycles. The highest BCUT2D eigenvalue weighted by atomic mass is 19.1. The fourth-order valence-corrected chi connectivity index (χ4v) is 1.65. The molecule has 0 unspecified atom stereocenters. The van der Waals surface area contributed by atoms with Gasteiger partial charge in [-0.25, -0.2) is 13.8 Å². The van der Waals surface area contributed by atoms with Gasteiger partial charge in [0.25, 0.3) is 0 Å². The summed E-state index contributed by atoms with van der Waals surface area (Å²) in [6.07, 6.45) is 3.58. The highest BCUT2D eigenvalue weighted by Gasteiger charge is 2.08. The Kier molecular flexibility index (Phi) is 3.49. The molecule has 1 heterocycles. The lowest BCUT2D eigenvalue weighted by molar-refractivity contribution is 0.274. The van der Waals surface area contributed by atoms with E-state index < -0.39 is 11.6 Å². The van der Waals surface area contributed by atoms with Crippen LogP contribution in [0.2, 0.25) is 0 Å². The Balaban J connectivity index is 2.22. The molecular weight excluding hydrogens is 226 g/mol. The van der Waals surface area contributed by atoms with E-state index in [1.165, 1.54) is 12.1 Å². The summed E-state index contributed by atoms with van der Waals surface area (Å²) in [5, 5.41) is 8.85. The number of hydrogen-bond acceptors (Lipinski definition) is 2. The number of halogens is 2. The molecule has 0 radical (unpaired) electrons. The van der Waals surface area contributed by atoms with Gasteiger partial charge in [-0.05, 0) is 11.6 Å². The van der Waals surface area contributed by atoms with Crippen molar-refractivity contribution >= 4 is 0 Å². The largest absolute Gasteiger partial charge is 0.395 e. The molecule has 2 rings (SSSR count). The molecule has 3 nitrogen and oxygen atoms in total. The van der Waals surface area contributed by atoms with E-state index in [1.54, 1.807) is 17.0 Å². The van der Waals surface area contributed by atoms with Crippen LogP contribution < -0.4 is 0 Å². The monoisotopic (exact) mass is 238 g/mol. The summed E-state index contributed by atoms with van der Waals surface area (Å²) >= 11 is 0. The van der Waals surface area contributed by atoms with Crippen LogP contribution in [0.15, 0.2) is 30.6 Å². The zero-order chi connectivity index (χ0) is 12.3. The van der Waals surface area contributed by atoms with Gasteiger partial charge in [-0.1, -0.05) is 6.07 Å². The van der Waals surface area contributed by atoms with E-state index in [1.807, 2.05) is 0 Å². The van der Waals surface area contributed by atoms with Crippen LogP contribution in [0.1, 0.15) is 11.4 Å². The molecule has 17 heavy (non-hydrogen) atoms. The topological polar surface area (TPSA) is 38.0 Å². The Bertz CT molecular complexity index is 511. The lowest BCUT2D eigenvalue weighted by atomic mass is 10.1. The average molecular weight is 238 g/mol. The zero-order valence-corrected chi connectivity index (χ0v) is 9.11. The van der Waals surface area contributed by atoms with Gasteiger partial charge in [0.15, 0.2) is 0 Å². The van der Waals surface area contributed by atoms with E-state index in [-0.39, 0.29) is 13.0 Å². The minimum absolute atomic E-state index is 0.00470. The van der Waals surface area contributed by atoms with Crippen molar-refractivity contribution < 1.29 is 13.9 Å². The number of imidazole rings is 1. The van der Waals surface area contributed by atoms with Crippen molar-refractivity contribution in [3.63, 3.8) is 0 Å². The summed E-state index contributed by atoms with van der Waals surface area (Å²) in [4.78, 5) is 4.09. The normalized spacial score (nSPS) is 10.8. The van der Waals surface area contributed by atoms with Crippen LogP contribution >= 0.6 is 0 Å². The highest BCUT2D eigenvalue weighted by Crippen LogP contribution is 2.13. The molecule has 0 aliphatic rings. The number of aromatic nitrogens is 2. The lowest BCUT2D eigenvalue weighted by Gasteiger charge is -2.06. The fourth-order valence-electron chi connectivity index (χ4n) is 1.65. The first-order valence-corrected chi connectivity index (χ1v) is 5.25. The fraction of sp³-hybridized carbons (Fsp3) is 0.250. The van der Waals surface area contributed by atoms with E-state index in [2.05, 4.69) is 4.98 Å². The Morgan fingerprint density at radius 3 is 2.82 bits per heavy atom. The second-order valence-electron chi connectivity index (χ2n) is 3.67. The van der Waals surface area contributed by atoms with Gasteiger partial charge in [-0.15, -0.1) is 0 Å². The predicted octanol–water partition coefficient (Wildman–Crippen LogP) is 1.74. The first kappa shape index (κ1) is 11.7. The van der Waals surface area contributed by atoms with Gasteiger partial charge in [0, 0.05) is 31.4 Å². The van der Waals surface area contributed by atoms with Gasteiger partial charge in [0.2, 0.25) is 0 Å². The number of aliphatic hydroxyl groups is 1. The summed E-state index contributed by atoms with van der Waals surface area (Å²) in [6, 6.07) is 3.48. The number of nitrogens with zero attached hydrogens (tertiary/aromatic N) is 2. The van der Waals surface area contributed by atoms with Gasteiger partial charge in [-0.2, -0.15) is 0 Å². The quantitative estimate of drug-likeness (QED) is 0.881. The van der Waals surface area contributed by atoms with Crippen molar-refractivity contribution in [3.8, 4) is 0 Å². The molecule has 2 aromatic rings. The van der Waals surface area contributed by atoms with Crippen molar-refractivity contribution in [1.29, 1.82) is 0 Å². The molecule has 90 valence electrons. The third-order valence-electron chi connectivity index (χ3n) is 2.51. The van der Waals surface area contributed by atoms with Crippen molar-refractivity contribution in [2.75, 3.05) is 6.61 Å². The maximum Gasteiger partial charge on any atom is 0.129 e. The van der Waals surface area contributed by atoms with Crippen LogP contribution in [0.25, 0.3) is 0 Å². The summed E-state index contributed by atoms with van der Waals surface area (Å²) in [6.45, 7) is 0.410. The maximum atomic E-state index is 13.4. The van der Waals surface area contributed by atoms with Gasteiger partial charge in [0.05, 0.1) is 6.61 Å². The number of hydrogen-bond donors (Lipinski definition) is 1. The molecule has 1 aromatic heterocycles. The van der Waals surface area contributed by atoms with E-state index in [0.717, 1.165) is 6.07 Å². The third kappa shape index (κ3) is 2.68. The van der Waals surface area contributed by atoms with Crippen LogP contribution in [0.3, 0.4) is 0 Å². The smallest absolute Gasteiger partial charge is 0.129 e. The molecule has 0 fully saturated rings. The molecular formula is C12H12F2N2O. The molecule has 5 heteroatoms. The van der Waals surface area contributed by atoms with Crippen molar-refractivity contribution in [1.82, 2.24) is 9.55 Å². The molecule has 0 bridgehead atoms. The van der Waals surface area contributed by atoms with Crippen LogP contribution in [0.4, 0.5) is 8.78 Å². The molecule has 1 aromatic carbocycles. The van der Waals surface area contributed by atoms with E-state index in [0.29, 0.717) is 17.9 Å². The number of benzene rings is 1. The van der Waals surface area contributed by atoms with Crippen molar-refractivity contribution in [3.05, 3.63) is 53.6 Å². The minimum Gasteiger partial charge on any atom is -0.395 e. The summed E-state index contributed by atoms with van der Waals surface area (Å²) < 4.78 is 27.9. The molecule has 0 amide bonds. The van der Waals surface area contributed by atoms with E-state index in [9.17, 15) is 8.78 Å². The maximum absolute atomic E-state index is 13.4. The van der Waals surface area contributed by atoms with Gasteiger partial charge in [-0.3, -0.25) is 0 Å².